The molecule has 0 amide bonds. The molecule has 0 bridgehead atoms. The minimum absolute atomic E-state index is 0.136. The predicted octanol–water partition coefficient (Wildman–Crippen LogP) is 3.40. The molecule has 1 aromatic carbocycles. The lowest BCUT2D eigenvalue weighted by Gasteiger charge is -2.12. The van der Waals surface area contributed by atoms with Crippen molar-refractivity contribution in [2.45, 2.75) is 26.2 Å². The van der Waals surface area contributed by atoms with Gasteiger partial charge in [0.2, 0.25) is 0 Å². The van der Waals surface area contributed by atoms with Gasteiger partial charge in [0.05, 0.1) is 21.6 Å². The third-order valence-electron chi connectivity index (χ3n) is 3.22. The van der Waals surface area contributed by atoms with Gasteiger partial charge in [0, 0.05) is 6.07 Å². The summed E-state index contributed by atoms with van der Waals surface area (Å²) in [6.07, 6.45) is 4.85. The maximum Gasteiger partial charge on any atom is 0.301 e. The van der Waals surface area contributed by atoms with Gasteiger partial charge in [-0.05, 0) is 37.8 Å². The van der Waals surface area contributed by atoms with Crippen molar-refractivity contribution in [3.8, 4) is 0 Å². The van der Waals surface area contributed by atoms with E-state index >= 15 is 0 Å². The van der Waals surface area contributed by atoms with Crippen LogP contribution in [0.3, 0.4) is 0 Å². The molecule has 110 valence electrons. The van der Waals surface area contributed by atoms with Gasteiger partial charge >= 0.3 is 5.69 Å². The van der Waals surface area contributed by atoms with Crippen LogP contribution in [0.25, 0.3) is 0 Å². The van der Waals surface area contributed by atoms with Crippen molar-refractivity contribution < 1.29 is 9.85 Å². The molecule has 1 aliphatic carbocycles. The maximum atomic E-state index is 11.0. The van der Waals surface area contributed by atoms with E-state index in [9.17, 15) is 20.2 Å². The van der Waals surface area contributed by atoms with Gasteiger partial charge in [0.15, 0.2) is 0 Å². The van der Waals surface area contributed by atoms with Crippen molar-refractivity contribution in [3.63, 3.8) is 0 Å². The van der Waals surface area contributed by atoms with E-state index in [1.165, 1.54) is 12.1 Å². The van der Waals surface area contributed by atoms with E-state index in [2.05, 4.69) is 16.6 Å². The first-order chi connectivity index (χ1) is 9.99. The van der Waals surface area contributed by atoms with Crippen LogP contribution in [-0.4, -0.2) is 15.6 Å². The van der Waals surface area contributed by atoms with Gasteiger partial charge < -0.3 is 0 Å². The quantitative estimate of drug-likeness (QED) is 0.674. The van der Waals surface area contributed by atoms with Crippen LogP contribution in [0.5, 0.6) is 0 Å². The number of hydrogen-bond acceptors (Lipinski definition) is 6. The maximum absolute atomic E-state index is 11.0. The Bertz CT molecular complexity index is 652. The first kappa shape index (κ1) is 14.6. The molecule has 0 saturated carbocycles. The number of hydrazone groups is 1. The largest absolute Gasteiger partial charge is 0.301 e. The summed E-state index contributed by atoms with van der Waals surface area (Å²) in [4.78, 5) is 20.3. The van der Waals surface area contributed by atoms with Crippen molar-refractivity contribution in [1.29, 1.82) is 0 Å². The Morgan fingerprint density at radius 1 is 1.24 bits per heavy atom. The number of nitro groups is 2. The van der Waals surface area contributed by atoms with Gasteiger partial charge in [-0.25, -0.2) is 0 Å². The van der Waals surface area contributed by atoms with E-state index in [0.717, 1.165) is 36.6 Å². The molecule has 1 N–H and O–H groups in total. The molecule has 2 rings (SSSR count). The molecule has 1 aromatic rings. The summed E-state index contributed by atoms with van der Waals surface area (Å²) in [6, 6.07) is 3.42. The Balaban J connectivity index is 2.29. The monoisotopic (exact) mass is 290 g/mol. The summed E-state index contributed by atoms with van der Waals surface area (Å²) in [5, 5.41) is 25.8. The van der Waals surface area contributed by atoms with Gasteiger partial charge in [-0.2, -0.15) is 5.10 Å². The Labute approximate surface area is 120 Å². The number of nitrogens with one attached hydrogen (secondary N) is 1. The molecule has 0 fully saturated rings. The van der Waals surface area contributed by atoms with Gasteiger partial charge in [0.1, 0.15) is 5.69 Å². The topological polar surface area (TPSA) is 111 Å². The van der Waals surface area contributed by atoms with Crippen LogP contribution < -0.4 is 5.43 Å². The minimum Gasteiger partial charge on any atom is -0.271 e. The van der Waals surface area contributed by atoms with E-state index in [-0.39, 0.29) is 17.1 Å². The fourth-order valence-electron chi connectivity index (χ4n) is 2.05. The molecular weight excluding hydrogens is 276 g/mol. The number of nitrogens with zero attached hydrogens (tertiary/aromatic N) is 3. The number of allylic oxidation sites excluding steroid dienone is 2. The van der Waals surface area contributed by atoms with Gasteiger partial charge in [-0.1, -0.05) is 6.08 Å². The van der Waals surface area contributed by atoms with E-state index in [0.29, 0.717) is 0 Å². The van der Waals surface area contributed by atoms with Crippen molar-refractivity contribution >= 4 is 22.8 Å². The van der Waals surface area contributed by atoms with Crippen molar-refractivity contribution in [3.05, 3.63) is 50.1 Å². The smallest absolute Gasteiger partial charge is 0.271 e. The van der Waals surface area contributed by atoms with Crippen LogP contribution in [0.2, 0.25) is 0 Å². The highest BCUT2D eigenvalue weighted by Crippen LogP contribution is 2.29. The molecule has 0 spiro atoms. The lowest BCUT2D eigenvalue weighted by Crippen LogP contribution is -2.08. The molecular formula is C13H14N4O4. The van der Waals surface area contributed by atoms with Crippen molar-refractivity contribution in [2.75, 3.05) is 5.43 Å². The number of anilines is 1. The molecule has 8 nitrogen and oxygen atoms in total. The summed E-state index contributed by atoms with van der Waals surface area (Å²) >= 11 is 0. The summed E-state index contributed by atoms with van der Waals surface area (Å²) in [6.45, 7) is 1.93. The van der Waals surface area contributed by atoms with Gasteiger partial charge in [-0.15, -0.1) is 0 Å². The van der Waals surface area contributed by atoms with Gasteiger partial charge in [-0.3, -0.25) is 25.7 Å². The highest BCUT2D eigenvalue weighted by atomic mass is 16.6. The van der Waals surface area contributed by atoms with Crippen LogP contribution in [0.1, 0.15) is 26.2 Å². The van der Waals surface area contributed by atoms with E-state index < -0.39 is 9.85 Å². The highest BCUT2D eigenvalue weighted by Gasteiger charge is 2.19. The number of non-ortho nitro benzene ring substituents is 1. The summed E-state index contributed by atoms with van der Waals surface area (Å²) < 4.78 is 0. The zero-order valence-electron chi connectivity index (χ0n) is 11.4. The summed E-state index contributed by atoms with van der Waals surface area (Å²) in [5.41, 5.74) is 3.97. The average Bonchev–Trinajstić information content (AvgIpc) is 2.46. The van der Waals surface area contributed by atoms with Gasteiger partial charge in [0.25, 0.3) is 5.69 Å². The first-order valence-corrected chi connectivity index (χ1v) is 6.41. The fourth-order valence-corrected chi connectivity index (χ4v) is 2.05. The average molecular weight is 290 g/mol. The van der Waals surface area contributed by atoms with E-state index in [4.69, 9.17) is 0 Å². The molecule has 21 heavy (non-hydrogen) atoms. The second-order valence-corrected chi connectivity index (χ2v) is 4.67. The predicted molar refractivity (Wildman–Crippen MR) is 78.4 cm³/mol. The Kier molecular flexibility index (Phi) is 4.27. The van der Waals surface area contributed by atoms with Crippen molar-refractivity contribution in [2.24, 2.45) is 5.10 Å². The number of hydrogen-bond donors (Lipinski definition) is 1. The van der Waals surface area contributed by atoms with Crippen LogP contribution in [0, 0.1) is 20.2 Å². The standard InChI is InChI=1S/C13H14N4O4/c1-9-4-2-3-5-11(9)14-15-12-7-6-10(16(18)19)8-13(12)17(20)21/h4,6-8,15H,2-3,5H2,1H3. The number of benzene rings is 1. The van der Waals surface area contributed by atoms with Crippen LogP contribution in [0.15, 0.2) is 34.9 Å². The van der Waals surface area contributed by atoms with E-state index in [1.807, 2.05) is 6.92 Å². The normalized spacial score (nSPS) is 16.4. The SMILES string of the molecule is CC1=CCCCC1=NNc1ccc([N+](=O)[O-])cc1[N+](=O)[O-]. The lowest BCUT2D eigenvalue weighted by atomic mass is 9.99. The first-order valence-electron chi connectivity index (χ1n) is 6.41. The fraction of sp³-hybridized carbons (Fsp3) is 0.308. The third-order valence-corrected chi connectivity index (χ3v) is 3.22. The molecule has 1 aliphatic rings. The molecule has 0 aromatic heterocycles. The number of nitro benzene ring substituents is 2. The molecule has 0 atom stereocenters. The second kappa shape index (κ2) is 6.12. The zero-order valence-corrected chi connectivity index (χ0v) is 11.4. The van der Waals surface area contributed by atoms with Crippen molar-refractivity contribution in [1.82, 2.24) is 0 Å². The van der Waals surface area contributed by atoms with E-state index in [1.54, 1.807) is 0 Å². The minimum atomic E-state index is -0.670. The molecule has 0 heterocycles. The molecule has 8 heteroatoms. The Hall–Kier alpha value is -2.77. The lowest BCUT2D eigenvalue weighted by molar-refractivity contribution is -0.393. The summed E-state index contributed by atoms with van der Waals surface area (Å²) in [5.74, 6) is 0. The highest BCUT2D eigenvalue weighted by molar-refractivity contribution is 6.00. The molecule has 0 saturated heterocycles. The molecule has 0 radical (unpaired) electrons. The Morgan fingerprint density at radius 2 is 2.00 bits per heavy atom. The zero-order chi connectivity index (χ0) is 15.4. The second-order valence-electron chi connectivity index (χ2n) is 4.67. The van der Waals surface area contributed by atoms with Crippen LogP contribution in [-0.2, 0) is 0 Å². The molecule has 0 aliphatic heterocycles. The number of rotatable bonds is 4. The Morgan fingerprint density at radius 3 is 2.62 bits per heavy atom. The van der Waals surface area contributed by atoms with Crippen LogP contribution in [0.4, 0.5) is 17.1 Å². The summed E-state index contributed by atoms with van der Waals surface area (Å²) in [7, 11) is 0. The van der Waals surface area contributed by atoms with Crippen LogP contribution >= 0.6 is 0 Å². The molecule has 0 unspecified atom stereocenters. The third kappa shape index (κ3) is 3.41.